The normalized spacial score (nSPS) is 15.6. The Balaban J connectivity index is 1.98. The van der Waals surface area contributed by atoms with Crippen molar-refractivity contribution in [3.63, 3.8) is 0 Å². The Morgan fingerprint density at radius 1 is 1.39 bits per heavy atom. The van der Waals surface area contributed by atoms with Gasteiger partial charge in [0.1, 0.15) is 5.00 Å². The predicted octanol–water partition coefficient (Wildman–Crippen LogP) is 4.83. The summed E-state index contributed by atoms with van der Waals surface area (Å²) in [4.78, 5) is 37.1. The molecule has 0 saturated carbocycles. The van der Waals surface area contributed by atoms with E-state index in [9.17, 15) is 19.7 Å². The van der Waals surface area contributed by atoms with Gasteiger partial charge in [-0.05, 0) is 50.7 Å². The molecule has 8 heteroatoms. The number of rotatable bonds is 5. The van der Waals surface area contributed by atoms with Gasteiger partial charge in [0.05, 0.1) is 17.1 Å². The number of anilines is 1. The highest BCUT2D eigenvalue weighted by molar-refractivity contribution is 7.17. The van der Waals surface area contributed by atoms with Gasteiger partial charge in [-0.15, -0.1) is 11.3 Å². The highest BCUT2D eigenvalue weighted by Gasteiger charge is 2.31. The zero-order chi connectivity index (χ0) is 20.4. The molecule has 1 aliphatic carbocycles. The third-order valence-electron chi connectivity index (χ3n) is 4.93. The smallest absolute Gasteiger partial charge is 0.341 e. The molecule has 0 bridgehead atoms. The van der Waals surface area contributed by atoms with Crippen molar-refractivity contribution in [1.82, 2.24) is 0 Å². The summed E-state index contributed by atoms with van der Waals surface area (Å²) >= 11 is 1.39. The fourth-order valence-corrected chi connectivity index (χ4v) is 4.87. The minimum atomic E-state index is -0.512. The summed E-state index contributed by atoms with van der Waals surface area (Å²) in [5, 5.41) is 14.4. The van der Waals surface area contributed by atoms with E-state index in [1.165, 1.54) is 23.5 Å². The van der Waals surface area contributed by atoms with Crippen molar-refractivity contribution in [3.8, 4) is 0 Å². The van der Waals surface area contributed by atoms with Crippen molar-refractivity contribution < 1.29 is 19.2 Å². The van der Waals surface area contributed by atoms with Crippen LogP contribution >= 0.6 is 11.3 Å². The number of benzene rings is 1. The standard InChI is InChI=1S/C20H22N2O5S/c1-4-27-20(24)17-16-12(3)6-5-7-15(16)28-19(17)21-18(23)13-9-8-11(2)14(10-13)22(25)26/h8-10,12H,4-7H2,1-3H3,(H,21,23). The lowest BCUT2D eigenvalue weighted by molar-refractivity contribution is -0.385. The molecule has 1 aliphatic rings. The van der Waals surface area contributed by atoms with E-state index < -0.39 is 16.8 Å². The maximum Gasteiger partial charge on any atom is 0.341 e. The zero-order valence-electron chi connectivity index (χ0n) is 16.0. The molecule has 0 spiro atoms. The fraction of sp³-hybridized carbons (Fsp3) is 0.400. The lowest BCUT2D eigenvalue weighted by Gasteiger charge is -2.19. The van der Waals surface area contributed by atoms with Crippen LogP contribution in [-0.2, 0) is 11.2 Å². The Morgan fingerprint density at radius 3 is 2.82 bits per heavy atom. The summed E-state index contributed by atoms with van der Waals surface area (Å²) in [5.74, 6) is -0.718. The van der Waals surface area contributed by atoms with Crippen molar-refractivity contribution in [2.24, 2.45) is 0 Å². The van der Waals surface area contributed by atoms with Gasteiger partial charge in [0, 0.05) is 22.1 Å². The number of carbonyl (C=O) groups is 2. The van der Waals surface area contributed by atoms with Gasteiger partial charge in [0.25, 0.3) is 11.6 Å². The fourth-order valence-electron chi connectivity index (χ4n) is 3.53. The second-order valence-corrected chi connectivity index (χ2v) is 7.97. The van der Waals surface area contributed by atoms with Gasteiger partial charge in [0.15, 0.2) is 0 Å². The van der Waals surface area contributed by atoms with E-state index in [1.54, 1.807) is 19.9 Å². The SMILES string of the molecule is CCOC(=O)c1c(NC(=O)c2ccc(C)c([N+](=O)[O-])c2)sc2c1C(C)CCC2. The number of fused-ring (bicyclic) bond motifs is 1. The average molecular weight is 402 g/mol. The Bertz CT molecular complexity index is 950. The summed E-state index contributed by atoms with van der Waals surface area (Å²) in [6, 6.07) is 4.34. The number of nitro groups is 1. The second kappa shape index (κ2) is 8.10. The topological polar surface area (TPSA) is 98.5 Å². The van der Waals surface area contributed by atoms with E-state index in [2.05, 4.69) is 12.2 Å². The number of carbonyl (C=O) groups excluding carboxylic acids is 2. The molecule has 1 N–H and O–H groups in total. The maximum absolute atomic E-state index is 12.7. The number of ether oxygens (including phenoxy) is 1. The summed E-state index contributed by atoms with van der Waals surface area (Å²) in [6.45, 7) is 5.68. The molecule has 1 heterocycles. The van der Waals surface area contributed by atoms with Crippen molar-refractivity contribution in [2.45, 2.75) is 46.0 Å². The van der Waals surface area contributed by atoms with Crippen molar-refractivity contribution >= 4 is 33.9 Å². The third-order valence-corrected chi connectivity index (χ3v) is 6.11. The minimum absolute atomic E-state index is 0.114. The summed E-state index contributed by atoms with van der Waals surface area (Å²) in [6.07, 6.45) is 2.88. The monoisotopic (exact) mass is 402 g/mol. The maximum atomic E-state index is 12.7. The quantitative estimate of drug-likeness (QED) is 0.439. The van der Waals surface area contributed by atoms with E-state index in [1.807, 2.05) is 0 Å². The molecule has 0 saturated heterocycles. The largest absolute Gasteiger partial charge is 0.462 e. The molecule has 0 aliphatic heterocycles. The molecule has 1 unspecified atom stereocenters. The van der Waals surface area contributed by atoms with Gasteiger partial charge < -0.3 is 10.1 Å². The Kier molecular flexibility index (Phi) is 5.79. The van der Waals surface area contributed by atoms with E-state index in [0.29, 0.717) is 16.1 Å². The number of nitro benzene ring substituents is 1. The van der Waals surface area contributed by atoms with Crippen LogP contribution in [0.4, 0.5) is 10.7 Å². The van der Waals surface area contributed by atoms with Gasteiger partial charge >= 0.3 is 5.97 Å². The van der Waals surface area contributed by atoms with Gasteiger partial charge in [-0.25, -0.2) is 4.79 Å². The van der Waals surface area contributed by atoms with Crippen LogP contribution in [0.5, 0.6) is 0 Å². The summed E-state index contributed by atoms with van der Waals surface area (Å²) in [7, 11) is 0. The molecule has 3 rings (SSSR count). The van der Waals surface area contributed by atoms with E-state index in [4.69, 9.17) is 4.74 Å². The van der Waals surface area contributed by atoms with Gasteiger partial charge in [-0.2, -0.15) is 0 Å². The van der Waals surface area contributed by atoms with Crippen molar-refractivity contribution in [1.29, 1.82) is 0 Å². The van der Waals surface area contributed by atoms with Crippen LogP contribution in [0.25, 0.3) is 0 Å². The summed E-state index contributed by atoms with van der Waals surface area (Å²) < 4.78 is 5.22. The molecule has 0 fully saturated rings. The van der Waals surface area contributed by atoms with Crippen LogP contribution in [0.1, 0.15) is 69.3 Å². The lowest BCUT2D eigenvalue weighted by atomic mass is 9.86. The molecule has 1 aromatic carbocycles. The molecule has 1 aromatic heterocycles. The van der Waals surface area contributed by atoms with Crippen LogP contribution in [0.15, 0.2) is 18.2 Å². The number of nitrogens with one attached hydrogen (secondary N) is 1. The number of nitrogens with zero attached hydrogens (tertiary/aromatic N) is 1. The van der Waals surface area contributed by atoms with E-state index in [0.717, 1.165) is 29.7 Å². The molecule has 2 aromatic rings. The second-order valence-electron chi connectivity index (χ2n) is 6.87. The van der Waals surface area contributed by atoms with Crippen LogP contribution in [0.2, 0.25) is 0 Å². The first kappa shape index (κ1) is 20.0. The molecular weight excluding hydrogens is 380 g/mol. The highest BCUT2D eigenvalue weighted by Crippen LogP contribution is 2.43. The Labute approximate surface area is 166 Å². The zero-order valence-corrected chi connectivity index (χ0v) is 16.9. The molecular formula is C20H22N2O5S. The number of hydrogen-bond donors (Lipinski definition) is 1. The van der Waals surface area contributed by atoms with Crippen LogP contribution < -0.4 is 5.32 Å². The number of aryl methyl sites for hydroxylation is 2. The van der Waals surface area contributed by atoms with Gasteiger partial charge in [-0.1, -0.05) is 13.0 Å². The lowest BCUT2D eigenvalue weighted by Crippen LogP contribution is -2.16. The first-order valence-electron chi connectivity index (χ1n) is 9.22. The molecule has 148 valence electrons. The van der Waals surface area contributed by atoms with E-state index in [-0.39, 0.29) is 23.8 Å². The van der Waals surface area contributed by atoms with Crippen molar-refractivity contribution in [3.05, 3.63) is 55.4 Å². The number of thiophene rings is 1. The number of hydrogen-bond acceptors (Lipinski definition) is 6. The molecule has 28 heavy (non-hydrogen) atoms. The molecule has 0 radical (unpaired) electrons. The number of amides is 1. The molecule has 7 nitrogen and oxygen atoms in total. The van der Waals surface area contributed by atoms with Crippen molar-refractivity contribution in [2.75, 3.05) is 11.9 Å². The first-order chi connectivity index (χ1) is 13.3. The molecule has 1 atom stereocenters. The average Bonchev–Trinajstić information content (AvgIpc) is 3.01. The van der Waals surface area contributed by atoms with E-state index >= 15 is 0 Å². The predicted molar refractivity (Wildman–Crippen MR) is 107 cm³/mol. The van der Waals surface area contributed by atoms with Gasteiger partial charge in [-0.3, -0.25) is 14.9 Å². The molecule has 1 amide bonds. The minimum Gasteiger partial charge on any atom is -0.462 e. The number of esters is 1. The van der Waals surface area contributed by atoms with Gasteiger partial charge in [0.2, 0.25) is 0 Å². The highest BCUT2D eigenvalue weighted by atomic mass is 32.1. The van der Waals surface area contributed by atoms with Crippen LogP contribution in [0, 0.1) is 17.0 Å². The van der Waals surface area contributed by atoms with Crippen LogP contribution in [0.3, 0.4) is 0 Å². The Hall–Kier alpha value is -2.74. The first-order valence-corrected chi connectivity index (χ1v) is 10.0. The third kappa shape index (κ3) is 3.77. The summed E-state index contributed by atoms with van der Waals surface area (Å²) in [5.41, 5.74) is 1.92. The van der Waals surface area contributed by atoms with Crippen LogP contribution in [-0.4, -0.2) is 23.4 Å². The Morgan fingerprint density at radius 2 is 2.14 bits per heavy atom.